The highest BCUT2D eigenvalue weighted by molar-refractivity contribution is 6.30. The number of ketones is 1. The van der Waals surface area contributed by atoms with Crippen molar-refractivity contribution in [2.24, 2.45) is 0 Å². The van der Waals surface area contributed by atoms with Crippen molar-refractivity contribution in [1.82, 2.24) is 4.98 Å². The molecule has 0 atom stereocenters. The van der Waals surface area contributed by atoms with Crippen LogP contribution in [0.2, 0.25) is 5.02 Å². The highest BCUT2D eigenvalue weighted by atomic mass is 35.5. The minimum Gasteiger partial charge on any atom is -0.453 e. The lowest BCUT2D eigenvalue weighted by Crippen LogP contribution is -2.18. The monoisotopic (exact) mass is 361 g/mol. The zero-order chi connectivity index (χ0) is 18.1. The summed E-state index contributed by atoms with van der Waals surface area (Å²) in [7, 11) is 0. The number of hydrogen-bond acceptors (Lipinski definition) is 4. The van der Waals surface area contributed by atoms with Gasteiger partial charge in [0, 0.05) is 16.8 Å². The van der Waals surface area contributed by atoms with Gasteiger partial charge in [0.1, 0.15) is 16.8 Å². The van der Waals surface area contributed by atoms with Crippen molar-refractivity contribution in [2.75, 3.05) is 0 Å². The Hall–Kier alpha value is -3.24. The van der Waals surface area contributed by atoms with Gasteiger partial charge in [0.25, 0.3) is 0 Å². The minimum atomic E-state index is -0.429. The molecule has 126 valence electrons. The molecular formula is C21H12ClNO3. The smallest absolute Gasteiger partial charge is 0.204 e. The lowest BCUT2D eigenvalue weighted by atomic mass is 9.99. The maximum absolute atomic E-state index is 13.1. The molecule has 0 saturated carbocycles. The summed E-state index contributed by atoms with van der Waals surface area (Å²) < 4.78 is 5.92. The number of carbonyl (C=O) groups excluding carboxylic acids is 1. The predicted octanol–water partition coefficient (Wildman–Crippen LogP) is 4.74. The molecule has 2 aromatic heterocycles. The van der Waals surface area contributed by atoms with Crippen LogP contribution in [0.5, 0.6) is 0 Å². The van der Waals surface area contributed by atoms with E-state index < -0.39 is 5.78 Å². The van der Waals surface area contributed by atoms with Gasteiger partial charge in [-0.05, 0) is 48.5 Å². The van der Waals surface area contributed by atoms with Gasteiger partial charge < -0.3 is 4.42 Å². The van der Waals surface area contributed by atoms with Crippen molar-refractivity contribution in [1.29, 1.82) is 0 Å². The van der Waals surface area contributed by atoms with Crippen LogP contribution in [0.15, 0.2) is 82.1 Å². The number of hydrogen-bond donors (Lipinski definition) is 0. The fourth-order valence-electron chi connectivity index (χ4n) is 2.77. The molecule has 0 bridgehead atoms. The van der Waals surface area contributed by atoms with Gasteiger partial charge in [-0.2, -0.15) is 0 Å². The first-order valence-electron chi connectivity index (χ1n) is 7.92. The highest BCUT2D eigenvalue weighted by Gasteiger charge is 2.23. The summed E-state index contributed by atoms with van der Waals surface area (Å²) >= 11 is 5.90. The number of para-hydroxylation sites is 1. The molecule has 0 amide bonds. The van der Waals surface area contributed by atoms with E-state index in [0.717, 1.165) is 0 Å². The lowest BCUT2D eigenvalue weighted by Gasteiger charge is -2.09. The summed E-state index contributed by atoms with van der Waals surface area (Å²) in [5.41, 5.74) is 0.768. The van der Waals surface area contributed by atoms with E-state index in [-0.39, 0.29) is 16.8 Å². The molecule has 0 unspecified atom stereocenters. The number of carbonyl (C=O) groups is 1. The van der Waals surface area contributed by atoms with Gasteiger partial charge in [0.2, 0.25) is 11.2 Å². The average Bonchev–Trinajstić information content (AvgIpc) is 2.69. The molecule has 4 aromatic rings. The van der Waals surface area contributed by atoms with Gasteiger partial charge >= 0.3 is 0 Å². The van der Waals surface area contributed by atoms with Crippen molar-refractivity contribution in [2.45, 2.75) is 0 Å². The summed E-state index contributed by atoms with van der Waals surface area (Å²) in [4.78, 5) is 30.4. The van der Waals surface area contributed by atoms with E-state index in [9.17, 15) is 9.59 Å². The minimum absolute atomic E-state index is 0.0373. The van der Waals surface area contributed by atoms with Crippen LogP contribution in [-0.2, 0) is 0 Å². The van der Waals surface area contributed by atoms with Gasteiger partial charge in [-0.3, -0.25) is 14.6 Å². The van der Waals surface area contributed by atoms with Crippen molar-refractivity contribution < 1.29 is 9.21 Å². The molecule has 0 N–H and O–H groups in total. The van der Waals surface area contributed by atoms with Gasteiger partial charge in [0.15, 0.2) is 5.76 Å². The fraction of sp³-hybridized carbons (Fsp3) is 0. The van der Waals surface area contributed by atoms with Crippen LogP contribution in [0, 0.1) is 0 Å². The van der Waals surface area contributed by atoms with Crippen molar-refractivity contribution in [3.63, 3.8) is 0 Å². The number of rotatable bonds is 3. The Bertz CT molecular complexity index is 1170. The molecular weight excluding hydrogens is 350 g/mol. The molecule has 0 aliphatic carbocycles. The first kappa shape index (κ1) is 16.2. The highest BCUT2D eigenvalue weighted by Crippen LogP contribution is 2.26. The molecule has 5 heteroatoms. The van der Waals surface area contributed by atoms with Crippen LogP contribution in [0.1, 0.15) is 15.9 Å². The number of pyridine rings is 1. The van der Waals surface area contributed by atoms with Gasteiger partial charge in [-0.1, -0.05) is 29.8 Å². The van der Waals surface area contributed by atoms with Crippen LogP contribution < -0.4 is 5.43 Å². The number of aromatic nitrogens is 1. The average molecular weight is 362 g/mol. The number of fused-ring (bicyclic) bond motifs is 1. The Balaban J connectivity index is 2.03. The topological polar surface area (TPSA) is 60.2 Å². The molecule has 2 aromatic carbocycles. The first-order chi connectivity index (χ1) is 12.6. The van der Waals surface area contributed by atoms with Crippen LogP contribution in [0.4, 0.5) is 0 Å². The van der Waals surface area contributed by atoms with Gasteiger partial charge in [-0.25, -0.2) is 0 Å². The molecule has 2 heterocycles. The van der Waals surface area contributed by atoms with Crippen molar-refractivity contribution in [3.8, 4) is 11.5 Å². The quantitative estimate of drug-likeness (QED) is 0.494. The standard InChI is InChI=1S/C21H12ClNO3/c22-14-10-8-13(9-11-14)19(24)18-20(25)15-5-1-2-7-17(15)26-21(18)16-6-3-4-12-23-16/h1-12H. The zero-order valence-electron chi connectivity index (χ0n) is 13.5. The maximum Gasteiger partial charge on any atom is 0.204 e. The molecule has 4 nitrogen and oxygen atoms in total. The summed E-state index contributed by atoms with van der Waals surface area (Å²) in [6.07, 6.45) is 1.58. The second-order valence-electron chi connectivity index (χ2n) is 5.68. The summed E-state index contributed by atoms with van der Waals surface area (Å²) in [5, 5.41) is 0.863. The van der Waals surface area contributed by atoms with E-state index in [1.54, 1.807) is 72.9 Å². The Morgan fingerprint density at radius 1 is 0.923 bits per heavy atom. The van der Waals surface area contributed by atoms with E-state index >= 15 is 0 Å². The second-order valence-corrected chi connectivity index (χ2v) is 6.12. The summed E-state index contributed by atoms with van der Waals surface area (Å²) in [5.74, 6) is -0.268. The molecule has 0 spiro atoms. The number of nitrogens with zero attached hydrogens (tertiary/aromatic N) is 1. The van der Waals surface area contributed by atoms with Gasteiger partial charge in [0.05, 0.1) is 5.39 Å². The molecule has 4 rings (SSSR count). The normalized spacial score (nSPS) is 10.8. The largest absolute Gasteiger partial charge is 0.453 e. The van der Waals surface area contributed by atoms with Crippen LogP contribution in [0.3, 0.4) is 0 Å². The van der Waals surface area contributed by atoms with Gasteiger partial charge in [-0.15, -0.1) is 0 Å². The molecule has 0 aliphatic rings. The SMILES string of the molecule is O=C(c1ccc(Cl)cc1)c1c(-c2ccccn2)oc2ccccc2c1=O. The Labute approximate surface area is 153 Å². The molecule has 0 radical (unpaired) electrons. The second kappa shape index (κ2) is 6.58. The number of halogens is 1. The van der Waals surface area contributed by atoms with E-state index in [4.69, 9.17) is 16.0 Å². The third-order valence-electron chi connectivity index (χ3n) is 4.03. The van der Waals surface area contributed by atoms with Crippen LogP contribution >= 0.6 is 11.6 Å². The Morgan fingerprint density at radius 2 is 1.65 bits per heavy atom. The zero-order valence-corrected chi connectivity index (χ0v) is 14.2. The molecule has 0 aliphatic heterocycles. The van der Waals surface area contributed by atoms with Crippen LogP contribution in [-0.4, -0.2) is 10.8 Å². The first-order valence-corrected chi connectivity index (χ1v) is 8.30. The predicted molar refractivity (Wildman–Crippen MR) is 101 cm³/mol. The van der Waals surface area contributed by atoms with E-state index in [0.29, 0.717) is 27.2 Å². The Kier molecular flexibility index (Phi) is 4.11. The molecule has 0 fully saturated rings. The van der Waals surface area contributed by atoms with E-state index in [1.807, 2.05) is 0 Å². The number of benzene rings is 2. The third kappa shape index (κ3) is 2.80. The summed E-state index contributed by atoms with van der Waals surface area (Å²) in [6.45, 7) is 0. The molecule has 26 heavy (non-hydrogen) atoms. The van der Waals surface area contributed by atoms with Crippen LogP contribution in [0.25, 0.3) is 22.4 Å². The third-order valence-corrected chi connectivity index (χ3v) is 4.28. The van der Waals surface area contributed by atoms with E-state index in [1.165, 1.54) is 0 Å². The van der Waals surface area contributed by atoms with Crippen molar-refractivity contribution >= 4 is 28.4 Å². The Morgan fingerprint density at radius 3 is 2.38 bits per heavy atom. The van der Waals surface area contributed by atoms with Crippen molar-refractivity contribution in [3.05, 3.63) is 99.3 Å². The summed E-state index contributed by atoms with van der Waals surface area (Å²) in [6, 6.07) is 18.5. The maximum atomic E-state index is 13.1. The van der Waals surface area contributed by atoms with E-state index in [2.05, 4.69) is 4.98 Å². The lowest BCUT2D eigenvalue weighted by molar-refractivity contribution is 0.103. The molecule has 0 saturated heterocycles. The fourth-order valence-corrected chi connectivity index (χ4v) is 2.90.